The first-order valence-corrected chi connectivity index (χ1v) is 7.95. The second-order valence-corrected chi connectivity index (χ2v) is 6.44. The largest absolute Gasteiger partial charge is 0.508 e. The van der Waals surface area contributed by atoms with E-state index in [0.29, 0.717) is 29.4 Å². The molecule has 1 aromatic carbocycles. The Morgan fingerprint density at radius 3 is 2.76 bits per heavy atom. The number of piperazine rings is 1. The monoisotopic (exact) mass is 312 g/mol. The molecule has 0 spiro atoms. The quantitative estimate of drug-likeness (QED) is 0.876. The zero-order chi connectivity index (χ0) is 15.4. The van der Waals surface area contributed by atoms with Gasteiger partial charge in [-0.1, -0.05) is 11.6 Å². The van der Waals surface area contributed by atoms with Crippen LogP contribution < -0.4 is 0 Å². The molecule has 1 heterocycles. The molecule has 4 nitrogen and oxygen atoms in total. The first-order chi connectivity index (χ1) is 10.0. The van der Waals surface area contributed by atoms with E-state index in [2.05, 4.69) is 23.6 Å². The number of nitrogens with zero attached hydrogens (tertiary/aromatic N) is 2. The highest BCUT2D eigenvalue weighted by molar-refractivity contribution is 6.30. The number of rotatable bonds is 5. The number of phenols is 1. The van der Waals surface area contributed by atoms with Gasteiger partial charge in [0.05, 0.1) is 0 Å². The SMILES string of the molecule is CC(C)N1CCN(Cc2cc(Cl)ccc2O)CC1CCO. The summed E-state index contributed by atoms with van der Waals surface area (Å²) in [6, 6.07) is 6.03. The van der Waals surface area contributed by atoms with Gasteiger partial charge >= 0.3 is 0 Å². The maximum Gasteiger partial charge on any atom is 0.120 e. The molecule has 0 aliphatic carbocycles. The predicted molar refractivity (Wildman–Crippen MR) is 85.7 cm³/mol. The number of phenolic OH excluding ortho intramolecular Hbond substituents is 1. The number of hydrogen-bond donors (Lipinski definition) is 2. The maximum absolute atomic E-state index is 9.94. The minimum absolute atomic E-state index is 0.212. The molecule has 21 heavy (non-hydrogen) atoms. The molecule has 1 saturated heterocycles. The Morgan fingerprint density at radius 2 is 2.10 bits per heavy atom. The fraction of sp³-hybridized carbons (Fsp3) is 0.625. The van der Waals surface area contributed by atoms with Gasteiger partial charge in [0, 0.05) is 55.5 Å². The highest BCUT2D eigenvalue weighted by atomic mass is 35.5. The van der Waals surface area contributed by atoms with E-state index in [1.54, 1.807) is 12.1 Å². The van der Waals surface area contributed by atoms with Crippen LogP contribution in [0.15, 0.2) is 18.2 Å². The number of aliphatic hydroxyl groups excluding tert-OH is 1. The van der Waals surface area contributed by atoms with Crippen molar-refractivity contribution < 1.29 is 10.2 Å². The van der Waals surface area contributed by atoms with Crippen molar-refractivity contribution in [3.63, 3.8) is 0 Å². The van der Waals surface area contributed by atoms with Gasteiger partial charge in [0.25, 0.3) is 0 Å². The van der Waals surface area contributed by atoms with E-state index in [0.717, 1.165) is 31.6 Å². The summed E-state index contributed by atoms with van der Waals surface area (Å²) in [5.41, 5.74) is 0.864. The second-order valence-electron chi connectivity index (χ2n) is 6.01. The summed E-state index contributed by atoms with van der Waals surface area (Å²) in [4.78, 5) is 4.77. The summed E-state index contributed by atoms with van der Waals surface area (Å²) in [6.07, 6.45) is 0.788. The van der Waals surface area contributed by atoms with Gasteiger partial charge in [-0.2, -0.15) is 0 Å². The van der Waals surface area contributed by atoms with Gasteiger partial charge in [-0.25, -0.2) is 0 Å². The summed E-state index contributed by atoms with van der Waals surface area (Å²) in [5, 5.41) is 19.9. The van der Waals surface area contributed by atoms with Crippen molar-refractivity contribution in [3.05, 3.63) is 28.8 Å². The molecule has 118 valence electrons. The molecular formula is C16H25ClN2O2. The van der Waals surface area contributed by atoms with Crippen LogP contribution in [-0.2, 0) is 6.54 Å². The minimum atomic E-state index is 0.212. The molecule has 2 rings (SSSR count). The van der Waals surface area contributed by atoms with Gasteiger partial charge in [0.15, 0.2) is 0 Å². The normalized spacial score (nSPS) is 21.1. The van der Waals surface area contributed by atoms with E-state index >= 15 is 0 Å². The van der Waals surface area contributed by atoms with E-state index in [-0.39, 0.29) is 6.61 Å². The lowest BCUT2D eigenvalue weighted by molar-refractivity contribution is 0.0346. The lowest BCUT2D eigenvalue weighted by Gasteiger charge is -2.43. The number of aromatic hydroxyl groups is 1. The van der Waals surface area contributed by atoms with E-state index in [1.165, 1.54) is 0 Å². The zero-order valence-electron chi connectivity index (χ0n) is 12.8. The third-order valence-corrected chi connectivity index (χ3v) is 4.41. The summed E-state index contributed by atoms with van der Waals surface area (Å²) in [7, 11) is 0. The van der Waals surface area contributed by atoms with Crippen molar-refractivity contribution in [2.24, 2.45) is 0 Å². The van der Waals surface area contributed by atoms with Crippen LogP contribution in [0.5, 0.6) is 5.75 Å². The van der Waals surface area contributed by atoms with Crippen LogP contribution in [0, 0.1) is 0 Å². The van der Waals surface area contributed by atoms with E-state index < -0.39 is 0 Å². The van der Waals surface area contributed by atoms with Crippen LogP contribution in [0.2, 0.25) is 5.02 Å². The molecule has 1 aliphatic rings. The molecule has 0 bridgehead atoms. The number of aliphatic hydroxyl groups is 1. The van der Waals surface area contributed by atoms with Crippen LogP contribution in [0.3, 0.4) is 0 Å². The smallest absolute Gasteiger partial charge is 0.120 e. The number of halogens is 1. The maximum atomic E-state index is 9.94. The van der Waals surface area contributed by atoms with Gasteiger partial charge < -0.3 is 10.2 Å². The highest BCUT2D eigenvalue weighted by Crippen LogP contribution is 2.25. The Morgan fingerprint density at radius 1 is 1.33 bits per heavy atom. The number of hydrogen-bond acceptors (Lipinski definition) is 4. The topological polar surface area (TPSA) is 46.9 Å². The summed E-state index contributed by atoms with van der Waals surface area (Å²) >= 11 is 6.01. The third-order valence-electron chi connectivity index (χ3n) is 4.17. The highest BCUT2D eigenvalue weighted by Gasteiger charge is 2.28. The van der Waals surface area contributed by atoms with Gasteiger partial charge in [0.2, 0.25) is 0 Å². The van der Waals surface area contributed by atoms with E-state index in [4.69, 9.17) is 11.6 Å². The lowest BCUT2D eigenvalue weighted by atomic mass is 10.1. The van der Waals surface area contributed by atoms with Crippen LogP contribution in [0.25, 0.3) is 0 Å². The molecule has 0 saturated carbocycles. The standard InChI is InChI=1S/C16H25ClN2O2/c1-12(2)19-7-6-18(11-15(19)5-8-20)10-13-9-14(17)3-4-16(13)21/h3-4,9,12,15,20-21H,5-8,10-11H2,1-2H3. The molecule has 1 fully saturated rings. The Balaban J connectivity index is 2.03. The average Bonchev–Trinajstić information content (AvgIpc) is 2.43. The minimum Gasteiger partial charge on any atom is -0.508 e. The lowest BCUT2D eigenvalue weighted by Crippen LogP contribution is -2.55. The Labute approximate surface area is 131 Å². The molecule has 0 radical (unpaired) electrons. The zero-order valence-corrected chi connectivity index (χ0v) is 13.6. The summed E-state index contributed by atoms with van der Waals surface area (Å²) in [6.45, 7) is 8.16. The molecule has 2 N–H and O–H groups in total. The first kappa shape index (κ1) is 16.6. The van der Waals surface area contributed by atoms with E-state index in [9.17, 15) is 10.2 Å². The summed E-state index contributed by atoms with van der Waals surface area (Å²) < 4.78 is 0. The molecule has 5 heteroatoms. The Kier molecular flexibility index (Phi) is 5.88. The molecule has 1 aliphatic heterocycles. The third kappa shape index (κ3) is 4.33. The fourth-order valence-corrected chi connectivity index (χ4v) is 3.28. The average molecular weight is 313 g/mol. The second kappa shape index (κ2) is 7.45. The molecule has 1 aromatic rings. The van der Waals surface area contributed by atoms with Crippen LogP contribution in [0.1, 0.15) is 25.8 Å². The molecule has 1 unspecified atom stereocenters. The first-order valence-electron chi connectivity index (χ1n) is 7.57. The molecule has 0 aromatic heterocycles. The van der Waals surface area contributed by atoms with Crippen LogP contribution in [0.4, 0.5) is 0 Å². The van der Waals surface area contributed by atoms with Crippen molar-refractivity contribution in [2.45, 2.75) is 38.9 Å². The van der Waals surface area contributed by atoms with Crippen molar-refractivity contribution in [1.29, 1.82) is 0 Å². The fourth-order valence-electron chi connectivity index (χ4n) is 3.08. The Hall–Kier alpha value is -0.810. The summed E-state index contributed by atoms with van der Waals surface area (Å²) in [5.74, 6) is 0.296. The van der Waals surface area contributed by atoms with Gasteiger partial charge in [-0.3, -0.25) is 9.80 Å². The Bertz CT molecular complexity index is 468. The van der Waals surface area contributed by atoms with Crippen molar-refractivity contribution in [2.75, 3.05) is 26.2 Å². The molecular weight excluding hydrogens is 288 g/mol. The van der Waals surface area contributed by atoms with Gasteiger partial charge in [-0.15, -0.1) is 0 Å². The van der Waals surface area contributed by atoms with Gasteiger partial charge in [-0.05, 0) is 38.5 Å². The van der Waals surface area contributed by atoms with Crippen molar-refractivity contribution in [1.82, 2.24) is 9.80 Å². The molecule has 0 amide bonds. The van der Waals surface area contributed by atoms with Gasteiger partial charge in [0.1, 0.15) is 5.75 Å². The van der Waals surface area contributed by atoms with Crippen LogP contribution in [-0.4, -0.2) is 58.3 Å². The van der Waals surface area contributed by atoms with E-state index in [1.807, 2.05) is 6.07 Å². The molecule has 1 atom stereocenters. The van der Waals surface area contributed by atoms with Crippen molar-refractivity contribution in [3.8, 4) is 5.75 Å². The van der Waals surface area contributed by atoms with Crippen LogP contribution >= 0.6 is 11.6 Å². The number of benzene rings is 1. The predicted octanol–water partition coefficient (Wildman–Crippen LogP) is 2.32. The van der Waals surface area contributed by atoms with Crippen molar-refractivity contribution >= 4 is 11.6 Å².